The van der Waals surface area contributed by atoms with Gasteiger partial charge in [0.25, 0.3) is 0 Å². The number of carbonyl (C=O) groups excluding carboxylic acids is 2. The SMILES string of the molecule is C#C[C@]1(COC(=O)OCC23CC(C2)C3)O[C@@H](n2ccc3c(N)nc(Cl)nc32)C[C@@H]1OC(=O)OCCC12CC3CC(CC(C3)C1)C2. The number of terminal acetylenes is 1. The molecular weight excluding hydrogens is 600 g/mol. The minimum atomic E-state index is -1.60. The number of carbonyl (C=O) groups is 2. The van der Waals surface area contributed by atoms with E-state index in [1.165, 1.54) is 38.5 Å². The van der Waals surface area contributed by atoms with E-state index >= 15 is 0 Å². The Kier molecular flexibility index (Phi) is 6.92. The lowest BCUT2D eigenvalue weighted by Gasteiger charge is -2.61. The van der Waals surface area contributed by atoms with E-state index in [9.17, 15) is 9.59 Å². The zero-order chi connectivity index (χ0) is 31.0. The van der Waals surface area contributed by atoms with Crippen LogP contribution in [0.1, 0.15) is 76.9 Å². The molecule has 2 N–H and O–H groups in total. The molecule has 2 aromatic heterocycles. The second-order valence-corrected chi connectivity index (χ2v) is 15.2. The lowest BCUT2D eigenvalue weighted by atomic mass is 9.45. The van der Waals surface area contributed by atoms with Crippen molar-refractivity contribution < 1.29 is 33.3 Å². The maximum Gasteiger partial charge on any atom is 0.508 e. The topological polar surface area (TPSA) is 137 Å². The lowest BCUT2D eigenvalue weighted by Crippen LogP contribution is -2.54. The first-order valence-electron chi connectivity index (χ1n) is 16.2. The molecule has 240 valence electrons. The van der Waals surface area contributed by atoms with Crippen LogP contribution in [0.5, 0.6) is 0 Å². The Morgan fingerprint density at radius 3 is 2.27 bits per heavy atom. The molecule has 0 aromatic carbocycles. The van der Waals surface area contributed by atoms with Crippen molar-refractivity contribution in [3.8, 4) is 12.3 Å². The highest BCUT2D eigenvalue weighted by Crippen LogP contribution is 2.64. The number of nitrogens with zero attached hydrogens (tertiary/aromatic N) is 3. The number of nitrogen functional groups attached to an aromatic ring is 1. The summed E-state index contributed by atoms with van der Waals surface area (Å²) in [6, 6.07) is 1.74. The number of aromatic nitrogens is 3. The standard InChI is InChI=1S/C33H39ClN4O7/c1-2-33(18-43-29(39)42-17-32-14-22(15-32)16-32)24(10-25(45-33)38-5-3-23-26(35)36-28(34)37-27(23)38)44-30(40)41-6-4-31-11-19-7-20(12-31)9-21(8-19)13-31/h1,3,5,19-22,24-25H,4,6-18H2,(H2,35,36,37)/t19?,20?,21?,22?,24-,25+,31?,32?,33+/m0/s1. The molecule has 2 aromatic rings. The van der Waals surface area contributed by atoms with Crippen LogP contribution in [0.15, 0.2) is 12.3 Å². The van der Waals surface area contributed by atoms with Gasteiger partial charge in [-0.2, -0.15) is 4.98 Å². The number of nitrogens with two attached hydrogens (primary N) is 1. The Morgan fingerprint density at radius 1 is 0.956 bits per heavy atom. The average Bonchev–Trinajstić information content (AvgIpc) is 3.51. The number of anilines is 1. The molecule has 12 heteroatoms. The first-order valence-corrected chi connectivity index (χ1v) is 16.6. The van der Waals surface area contributed by atoms with Gasteiger partial charge >= 0.3 is 12.3 Å². The zero-order valence-corrected chi connectivity index (χ0v) is 26.0. The Morgan fingerprint density at radius 2 is 1.62 bits per heavy atom. The van der Waals surface area contributed by atoms with Gasteiger partial charge in [0.1, 0.15) is 30.9 Å². The van der Waals surface area contributed by atoms with Crippen LogP contribution in [0.2, 0.25) is 5.28 Å². The number of hydrogen-bond donors (Lipinski definition) is 1. The number of fused-ring (bicyclic) bond motifs is 1. The summed E-state index contributed by atoms with van der Waals surface area (Å²) in [4.78, 5) is 34.1. The number of rotatable bonds is 9. The van der Waals surface area contributed by atoms with Crippen molar-refractivity contribution in [2.75, 3.05) is 25.6 Å². The molecular formula is C33H39ClN4O7. The summed E-state index contributed by atoms with van der Waals surface area (Å²) >= 11 is 6.10. The molecule has 8 fully saturated rings. The summed E-state index contributed by atoms with van der Waals surface area (Å²) < 4.78 is 30.5. The van der Waals surface area contributed by atoms with E-state index < -0.39 is 30.2 Å². The minimum Gasteiger partial charge on any atom is -0.434 e. The van der Waals surface area contributed by atoms with Crippen molar-refractivity contribution >= 4 is 40.8 Å². The molecule has 7 saturated carbocycles. The first-order chi connectivity index (χ1) is 21.6. The van der Waals surface area contributed by atoms with Gasteiger partial charge in [-0.05, 0) is 111 Å². The molecule has 7 aliphatic carbocycles. The second kappa shape index (κ2) is 10.7. The highest BCUT2D eigenvalue weighted by molar-refractivity contribution is 6.28. The van der Waals surface area contributed by atoms with Crippen molar-refractivity contribution in [2.24, 2.45) is 34.5 Å². The summed E-state index contributed by atoms with van der Waals surface area (Å²) in [6.45, 7) is 0.228. The molecule has 0 amide bonds. The van der Waals surface area contributed by atoms with Gasteiger partial charge in [0.15, 0.2) is 6.10 Å². The smallest absolute Gasteiger partial charge is 0.434 e. The Bertz CT molecular complexity index is 1520. The van der Waals surface area contributed by atoms with Crippen LogP contribution in [0.3, 0.4) is 0 Å². The molecule has 0 spiro atoms. The molecule has 3 heterocycles. The van der Waals surface area contributed by atoms with Gasteiger partial charge in [0, 0.05) is 18.0 Å². The van der Waals surface area contributed by atoms with Gasteiger partial charge in [-0.15, -0.1) is 6.42 Å². The van der Waals surface area contributed by atoms with Crippen molar-refractivity contribution in [3.05, 3.63) is 17.5 Å². The molecule has 0 unspecified atom stereocenters. The number of ether oxygens (including phenoxy) is 5. The van der Waals surface area contributed by atoms with Gasteiger partial charge < -0.3 is 34.0 Å². The van der Waals surface area contributed by atoms with Crippen molar-refractivity contribution in [2.45, 2.75) is 88.6 Å². The molecule has 3 atom stereocenters. The van der Waals surface area contributed by atoms with Crippen LogP contribution in [0, 0.1) is 46.8 Å². The van der Waals surface area contributed by atoms with Gasteiger partial charge in [-0.3, -0.25) is 0 Å². The largest absolute Gasteiger partial charge is 0.508 e. The summed E-state index contributed by atoms with van der Waals surface area (Å²) in [5, 5.41) is 0.558. The number of halogens is 1. The van der Waals surface area contributed by atoms with Crippen LogP contribution in [-0.2, 0) is 23.7 Å². The fourth-order valence-electron chi connectivity index (χ4n) is 9.96. The Hall–Kier alpha value is -3.23. The Balaban J connectivity index is 0.953. The maximum absolute atomic E-state index is 13.1. The molecule has 1 aliphatic heterocycles. The normalized spacial score (nSPS) is 38.7. The van der Waals surface area contributed by atoms with Gasteiger partial charge in [0.05, 0.1) is 12.0 Å². The molecule has 6 bridgehead atoms. The monoisotopic (exact) mass is 638 g/mol. The minimum absolute atomic E-state index is 0.0219. The summed E-state index contributed by atoms with van der Waals surface area (Å²) in [5.41, 5.74) is 5.27. The van der Waals surface area contributed by atoms with Crippen LogP contribution in [0.25, 0.3) is 11.0 Å². The van der Waals surface area contributed by atoms with E-state index in [1.807, 2.05) is 0 Å². The van der Waals surface area contributed by atoms with E-state index in [-0.39, 0.29) is 41.6 Å². The molecule has 8 aliphatic rings. The fraction of sp³-hybridized carbons (Fsp3) is 0.697. The van der Waals surface area contributed by atoms with Crippen LogP contribution in [-0.4, -0.2) is 58.4 Å². The predicted octanol–water partition coefficient (Wildman–Crippen LogP) is 6.04. The van der Waals surface area contributed by atoms with Crippen molar-refractivity contribution in [3.63, 3.8) is 0 Å². The molecule has 1 saturated heterocycles. The van der Waals surface area contributed by atoms with Crippen LogP contribution in [0.4, 0.5) is 15.4 Å². The van der Waals surface area contributed by atoms with Crippen LogP contribution >= 0.6 is 11.6 Å². The van der Waals surface area contributed by atoms with Gasteiger partial charge in [0.2, 0.25) is 10.9 Å². The van der Waals surface area contributed by atoms with Gasteiger partial charge in [-0.1, -0.05) is 5.92 Å². The zero-order valence-electron chi connectivity index (χ0n) is 25.3. The van der Waals surface area contributed by atoms with Crippen LogP contribution < -0.4 is 5.73 Å². The number of hydrogen-bond acceptors (Lipinski definition) is 10. The summed E-state index contributed by atoms with van der Waals surface area (Å²) in [6.07, 6.45) is 16.4. The van der Waals surface area contributed by atoms with Gasteiger partial charge in [-0.25, -0.2) is 14.6 Å². The third-order valence-corrected chi connectivity index (χ3v) is 11.9. The third-order valence-electron chi connectivity index (χ3n) is 11.7. The highest BCUT2D eigenvalue weighted by Gasteiger charge is 2.57. The quantitative estimate of drug-likeness (QED) is 0.197. The van der Waals surface area contributed by atoms with E-state index in [2.05, 4.69) is 15.9 Å². The van der Waals surface area contributed by atoms with E-state index in [0.29, 0.717) is 17.6 Å². The molecule has 11 nitrogen and oxygen atoms in total. The maximum atomic E-state index is 13.1. The lowest BCUT2D eigenvalue weighted by molar-refractivity contribution is -0.150. The first kappa shape index (κ1) is 29.2. The third kappa shape index (κ3) is 5.18. The molecule has 10 rings (SSSR count). The average molecular weight is 639 g/mol. The van der Waals surface area contributed by atoms with E-state index in [0.717, 1.165) is 49.4 Å². The highest BCUT2D eigenvalue weighted by atomic mass is 35.5. The van der Waals surface area contributed by atoms with Crippen molar-refractivity contribution in [1.82, 2.24) is 14.5 Å². The summed E-state index contributed by atoms with van der Waals surface area (Å²) in [5.74, 6) is 6.05. The van der Waals surface area contributed by atoms with E-state index in [4.69, 9.17) is 47.4 Å². The predicted molar refractivity (Wildman–Crippen MR) is 162 cm³/mol. The van der Waals surface area contributed by atoms with Crippen molar-refractivity contribution in [1.29, 1.82) is 0 Å². The second-order valence-electron chi connectivity index (χ2n) is 14.9. The Labute approximate surface area is 266 Å². The molecule has 45 heavy (non-hydrogen) atoms. The summed E-state index contributed by atoms with van der Waals surface area (Å²) in [7, 11) is 0. The fourth-order valence-corrected chi connectivity index (χ4v) is 10.1. The molecule has 0 radical (unpaired) electrons. The van der Waals surface area contributed by atoms with E-state index in [1.54, 1.807) is 16.8 Å².